The fraction of sp³-hybridized carbons (Fsp3) is 0.500. The number of carbonyl (C=O) groups excluding carboxylic acids is 2. The van der Waals surface area contributed by atoms with Crippen LogP contribution in [0.3, 0.4) is 0 Å². The van der Waals surface area contributed by atoms with E-state index in [0.717, 1.165) is 22.5 Å². The Labute approximate surface area is 157 Å². The van der Waals surface area contributed by atoms with Crippen molar-refractivity contribution in [3.8, 4) is 0 Å². The standard InChI is InChI=1S/C18H25BrN4O2/c1-3-20-18(22(2)13-14-7-4-5-8-15(14)19)21-11-12-23-16(24)9-6-10-17(23)25/h4-5,7-8H,3,6,9-13H2,1-2H3,(H,20,21). The van der Waals surface area contributed by atoms with Crippen LogP contribution in [0.4, 0.5) is 0 Å². The first-order chi connectivity index (χ1) is 12.0. The topological polar surface area (TPSA) is 65.0 Å². The van der Waals surface area contributed by atoms with E-state index in [0.29, 0.717) is 38.9 Å². The van der Waals surface area contributed by atoms with E-state index in [-0.39, 0.29) is 11.8 Å². The first kappa shape index (κ1) is 19.4. The van der Waals surface area contributed by atoms with Gasteiger partial charge in [0.15, 0.2) is 5.96 Å². The van der Waals surface area contributed by atoms with Crippen LogP contribution in [0.2, 0.25) is 0 Å². The van der Waals surface area contributed by atoms with Gasteiger partial charge in [-0.1, -0.05) is 34.1 Å². The SMILES string of the molecule is CCNC(=NCCN1C(=O)CCCC1=O)N(C)Cc1ccccc1Br. The molecule has 2 rings (SSSR count). The molecule has 1 saturated heterocycles. The van der Waals surface area contributed by atoms with E-state index in [1.165, 1.54) is 4.90 Å². The fourth-order valence-electron chi connectivity index (χ4n) is 2.73. The Morgan fingerprint density at radius 3 is 2.60 bits per heavy atom. The molecule has 7 heteroatoms. The van der Waals surface area contributed by atoms with Crippen molar-refractivity contribution in [2.45, 2.75) is 32.7 Å². The zero-order chi connectivity index (χ0) is 18.2. The maximum atomic E-state index is 11.8. The van der Waals surface area contributed by atoms with Crippen molar-refractivity contribution in [1.29, 1.82) is 0 Å². The summed E-state index contributed by atoms with van der Waals surface area (Å²) in [4.78, 5) is 31.6. The largest absolute Gasteiger partial charge is 0.357 e. The summed E-state index contributed by atoms with van der Waals surface area (Å²) in [5, 5.41) is 3.25. The first-order valence-electron chi connectivity index (χ1n) is 8.59. The van der Waals surface area contributed by atoms with Gasteiger partial charge >= 0.3 is 0 Å². The molecule has 0 aromatic heterocycles. The van der Waals surface area contributed by atoms with Crippen LogP contribution in [-0.4, -0.2) is 54.3 Å². The third-order valence-corrected chi connectivity index (χ3v) is 4.80. The van der Waals surface area contributed by atoms with Gasteiger partial charge in [0, 0.05) is 44.0 Å². The fourth-order valence-corrected chi connectivity index (χ4v) is 3.14. The first-order valence-corrected chi connectivity index (χ1v) is 9.38. The minimum absolute atomic E-state index is 0.0852. The highest BCUT2D eigenvalue weighted by molar-refractivity contribution is 9.10. The lowest BCUT2D eigenvalue weighted by molar-refractivity contribution is -0.147. The minimum Gasteiger partial charge on any atom is -0.357 e. The molecular formula is C18H25BrN4O2. The third kappa shape index (κ3) is 5.56. The highest BCUT2D eigenvalue weighted by atomic mass is 79.9. The van der Waals surface area contributed by atoms with Crippen molar-refractivity contribution in [3.63, 3.8) is 0 Å². The summed E-state index contributed by atoms with van der Waals surface area (Å²) in [6, 6.07) is 8.07. The number of nitrogens with zero attached hydrogens (tertiary/aromatic N) is 3. The number of aliphatic imine (C=N–C) groups is 1. The number of hydrogen-bond acceptors (Lipinski definition) is 3. The second kappa shape index (κ2) is 9.56. The summed E-state index contributed by atoms with van der Waals surface area (Å²) < 4.78 is 1.06. The van der Waals surface area contributed by atoms with E-state index in [4.69, 9.17) is 0 Å². The second-order valence-electron chi connectivity index (χ2n) is 5.98. The molecule has 6 nitrogen and oxygen atoms in total. The van der Waals surface area contributed by atoms with Gasteiger partial charge in [0.1, 0.15) is 0 Å². The van der Waals surface area contributed by atoms with Crippen molar-refractivity contribution in [1.82, 2.24) is 15.1 Å². The summed E-state index contributed by atoms with van der Waals surface area (Å²) in [6.45, 7) is 4.21. The van der Waals surface area contributed by atoms with Gasteiger partial charge in [-0.15, -0.1) is 0 Å². The molecule has 1 heterocycles. The lowest BCUT2D eigenvalue weighted by Gasteiger charge is -2.25. The summed E-state index contributed by atoms with van der Waals surface area (Å²) in [5.74, 6) is 0.589. The lowest BCUT2D eigenvalue weighted by atomic mass is 10.1. The van der Waals surface area contributed by atoms with Gasteiger partial charge in [0.2, 0.25) is 11.8 Å². The van der Waals surface area contributed by atoms with Crippen LogP contribution in [-0.2, 0) is 16.1 Å². The van der Waals surface area contributed by atoms with E-state index in [1.807, 2.05) is 37.1 Å². The number of amides is 2. The second-order valence-corrected chi connectivity index (χ2v) is 6.83. The predicted molar refractivity (Wildman–Crippen MR) is 102 cm³/mol. The van der Waals surface area contributed by atoms with Gasteiger partial charge in [-0.2, -0.15) is 0 Å². The molecule has 0 spiro atoms. The van der Waals surface area contributed by atoms with Gasteiger partial charge in [0.25, 0.3) is 0 Å². The van der Waals surface area contributed by atoms with Crippen LogP contribution in [0.5, 0.6) is 0 Å². The number of piperidine rings is 1. The molecule has 0 bridgehead atoms. The Balaban J connectivity index is 1.98. The number of benzene rings is 1. The average molecular weight is 409 g/mol. The zero-order valence-corrected chi connectivity index (χ0v) is 16.4. The Bertz CT molecular complexity index is 632. The van der Waals surface area contributed by atoms with Crippen molar-refractivity contribution in [2.24, 2.45) is 4.99 Å². The minimum atomic E-state index is -0.0852. The molecule has 1 fully saturated rings. The van der Waals surface area contributed by atoms with Gasteiger partial charge < -0.3 is 10.2 Å². The maximum absolute atomic E-state index is 11.8. The molecule has 1 aromatic rings. The smallest absolute Gasteiger partial charge is 0.229 e. The van der Waals surface area contributed by atoms with E-state index in [2.05, 4.69) is 32.3 Å². The highest BCUT2D eigenvalue weighted by Gasteiger charge is 2.25. The molecule has 1 N–H and O–H groups in total. The number of likely N-dealkylation sites (tertiary alicyclic amines) is 1. The Morgan fingerprint density at radius 1 is 1.28 bits per heavy atom. The van der Waals surface area contributed by atoms with Crippen LogP contribution < -0.4 is 5.32 Å². The molecule has 0 atom stereocenters. The molecule has 25 heavy (non-hydrogen) atoms. The van der Waals surface area contributed by atoms with Crippen molar-refractivity contribution in [2.75, 3.05) is 26.7 Å². The number of halogens is 1. The number of imide groups is 1. The monoisotopic (exact) mass is 408 g/mol. The molecule has 136 valence electrons. The number of nitrogens with one attached hydrogen (secondary N) is 1. The van der Waals surface area contributed by atoms with Gasteiger partial charge in [-0.3, -0.25) is 19.5 Å². The Morgan fingerprint density at radius 2 is 1.96 bits per heavy atom. The van der Waals surface area contributed by atoms with Crippen LogP contribution in [0.1, 0.15) is 31.7 Å². The zero-order valence-electron chi connectivity index (χ0n) is 14.8. The molecular weight excluding hydrogens is 384 g/mol. The lowest BCUT2D eigenvalue weighted by Crippen LogP contribution is -2.42. The van der Waals surface area contributed by atoms with E-state index >= 15 is 0 Å². The van der Waals surface area contributed by atoms with Crippen molar-refractivity contribution >= 4 is 33.7 Å². The molecule has 0 saturated carbocycles. The third-order valence-electron chi connectivity index (χ3n) is 4.03. The summed E-state index contributed by atoms with van der Waals surface area (Å²) in [6.07, 6.45) is 1.57. The number of hydrogen-bond donors (Lipinski definition) is 1. The number of guanidine groups is 1. The summed E-state index contributed by atoms with van der Waals surface area (Å²) >= 11 is 3.56. The normalized spacial score (nSPS) is 15.5. The quantitative estimate of drug-likeness (QED) is 0.445. The van der Waals surface area contributed by atoms with Gasteiger partial charge in [0.05, 0.1) is 6.54 Å². The molecule has 0 radical (unpaired) electrons. The molecule has 1 aromatic carbocycles. The van der Waals surface area contributed by atoms with Crippen LogP contribution >= 0.6 is 15.9 Å². The van der Waals surface area contributed by atoms with Crippen molar-refractivity contribution in [3.05, 3.63) is 34.3 Å². The van der Waals surface area contributed by atoms with E-state index in [9.17, 15) is 9.59 Å². The highest BCUT2D eigenvalue weighted by Crippen LogP contribution is 2.17. The Kier molecular flexibility index (Phi) is 7.43. The summed E-state index contributed by atoms with van der Waals surface area (Å²) in [5.41, 5.74) is 1.16. The molecule has 1 aliphatic heterocycles. The average Bonchev–Trinajstić information content (AvgIpc) is 2.58. The number of carbonyl (C=O) groups is 2. The summed E-state index contributed by atoms with van der Waals surface area (Å²) in [7, 11) is 1.97. The molecule has 0 unspecified atom stereocenters. The molecule has 1 aliphatic rings. The van der Waals surface area contributed by atoms with E-state index in [1.54, 1.807) is 0 Å². The van der Waals surface area contributed by atoms with Crippen molar-refractivity contribution < 1.29 is 9.59 Å². The van der Waals surface area contributed by atoms with Crippen LogP contribution in [0, 0.1) is 0 Å². The Hall–Kier alpha value is -1.89. The van der Waals surface area contributed by atoms with Gasteiger partial charge in [-0.05, 0) is 25.0 Å². The van der Waals surface area contributed by atoms with E-state index < -0.39 is 0 Å². The molecule has 2 amide bonds. The molecule has 0 aliphatic carbocycles. The van der Waals surface area contributed by atoms with Crippen LogP contribution in [0.25, 0.3) is 0 Å². The predicted octanol–water partition coefficient (Wildman–Crippen LogP) is 2.39. The number of rotatable bonds is 6. The maximum Gasteiger partial charge on any atom is 0.229 e. The van der Waals surface area contributed by atoms with Crippen LogP contribution in [0.15, 0.2) is 33.7 Å². The van der Waals surface area contributed by atoms with Gasteiger partial charge in [-0.25, -0.2) is 0 Å².